The number of nitro benzene ring substituents is 1. The summed E-state index contributed by atoms with van der Waals surface area (Å²) in [4.78, 5) is 15.6. The Morgan fingerprint density at radius 2 is 1.90 bits per heavy atom. The fraction of sp³-hybridized carbons (Fsp3) is 0.0909. The Hall–Kier alpha value is -3.41. The number of ether oxygens (including phenoxy) is 1. The zero-order valence-corrected chi connectivity index (χ0v) is 18.3. The van der Waals surface area contributed by atoms with Crippen molar-refractivity contribution in [2.45, 2.75) is 13.2 Å². The van der Waals surface area contributed by atoms with Crippen LogP contribution in [0.3, 0.4) is 0 Å². The molecule has 0 amide bonds. The monoisotopic (exact) mass is 499 g/mol. The minimum absolute atomic E-state index is 0.0185. The summed E-state index contributed by atoms with van der Waals surface area (Å²) in [6, 6.07) is 18.8. The van der Waals surface area contributed by atoms with Crippen molar-refractivity contribution < 1.29 is 14.5 Å². The second-order valence-electron chi connectivity index (χ2n) is 6.30. The van der Waals surface area contributed by atoms with Gasteiger partial charge in [-0.05, 0) is 57.4 Å². The SMILES string of the molecule is N#Cc1ccccc1CO/N=C\c1cc(Cl)c(OCc2ccc([N+](=O)[O-])cc2)c(Br)c1. The summed E-state index contributed by atoms with van der Waals surface area (Å²) in [7, 11) is 0. The van der Waals surface area contributed by atoms with E-state index in [0.29, 0.717) is 26.4 Å². The fourth-order valence-electron chi connectivity index (χ4n) is 2.62. The smallest absolute Gasteiger partial charge is 0.269 e. The van der Waals surface area contributed by atoms with Crippen molar-refractivity contribution in [3.63, 3.8) is 0 Å². The maximum Gasteiger partial charge on any atom is 0.269 e. The third-order valence-electron chi connectivity index (χ3n) is 4.19. The van der Waals surface area contributed by atoms with Crippen molar-refractivity contribution in [3.05, 3.63) is 103 Å². The number of hydrogen-bond acceptors (Lipinski definition) is 6. The first-order valence-electron chi connectivity index (χ1n) is 8.96. The molecular weight excluding hydrogens is 486 g/mol. The summed E-state index contributed by atoms with van der Waals surface area (Å²) in [5.74, 6) is 0.445. The highest BCUT2D eigenvalue weighted by Crippen LogP contribution is 2.34. The number of non-ortho nitro benzene ring substituents is 1. The number of halogens is 2. The number of hydrogen-bond donors (Lipinski definition) is 0. The summed E-state index contributed by atoms with van der Waals surface area (Å²) in [6.45, 7) is 0.372. The molecule has 0 unspecified atom stereocenters. The molecular formula is C22H15BrClN3O4. The van der Waals surface area contributed by atoms with Crippen molar-refractivity contribution in [3.8, 4) is 11.8 Å². The van der Waals surface area contributed by atoms with Gasteiger partial charge in [0.15, 0.2) is 5.75 Å². The van der Waals surface area contributed by atoms with Gasteiger partial charge < -0.3 is 9.57 Å². The molecule has 0 saturated heterocycles. The second-order valence-corrected chi connectivity index (χ2v) is 7.56. The molecule has 156 valence electrons. The van der Waals surface area contributed by atoms with E-state index in [2.05, 4.69) is 27.2 Å². The third kappa shape index (κ3) is 6.04. The minimum atomic E-state index is -0.454. The van der Waals surface area contributed by atoms with Crippen molar-refractivity contribution in [1.29, 1.82) is 5.26 Å². The predicted octanol–water partition coefficient (Wildman–Crippen LogP) is 6.01. The van der Waals surface area contributed by atoms with Gasteiger partial charge in [0, 0.05) is 17.7 Å². The van der Waals surface area contributed by atoms with E-state index in [-0.39, 0.29) is 18.9 Å². The summed E-state index contributed by atoms with van der Waals surface area (Å²) in [6.07, 6.45) is 1.51. The highest BCUT2D eigenvalue weighted by molar-refractivity contribution is 9.10. The lowest BCUT2D eigenvalue weighted by Gasteiger charge is -2.11. The molecule has 0 aromatic heterocycles. The Kier molecular flexibility index (Phi) is 7.60. The van der Waals surface area contributed by atoms with Gasteiger partial charge in [0.25, 0.3) is 5.69 Å². The number of nitriles is 1. The van der Waals surface area contributed by atoms with Crippen LogP contribution >= 0.6 is 27.5 Å². The van der Waals surface area contributed by atoms with E-state index in [0.717, 1.165) is 11.1 Å². The van der Waals surface area contributed by atoms with Gasteiger partial charge >= 0.3 is 0 Å². The van der Waals surface area contributed by atoms with Gasteiger partial charge in [0.1, 0.15) is 13.2 Å². The zero-order valence-electron chi connectivity index (χ0n) is 16.0. The van der Waals surface area contributed by atoms with Crippen LogP contribution in [-0.2, 0) is 18.1 Å². The highest BCUT2D eigenvalue weighted by Gasteiger charge is 2.10. The summed E-state index contributed by atoms with van der Waals surface area (Å²) in [5, 5.41) is 24.1. The van der Waals surface area contributed by atoms with Crippen molar-refractivity contribution in [1.82, 2.24) is 0 Å². The first kappa shape index (κ1) is 22.3. The van der Waals surface area contributed by atoms with Crippen molar-refractivity contribution in [2.75, 3.05) is 0 Å². The second kappa shape index (κ2) is 10.6. The number of nitrogens with zero attached hydrogens (tertiary/aromatic N) is 3. The molecule has 0 fully saturated rings. The molecule has 0 radical (unpaired) electrons. The Balaban J connectivity index is 1.61. The van der Waals surface area contributed by atoms with E-state index in [4.69, 9.17) is 26.4 Å². The Morgan fingerprint density at radius 1 is 1.16 bits per heavy atom. The van der Waals surface area contributed by atoms with Crippen LogP contribution in [0.2, 0.25) is 5.02 Å². The predicted molar refractivity (Wildman–Crippen MR) is 120 cm³/mol. The zero-order chi connectivity index (χ0) is 22.2. The molecule has 0 atom stereocenters. The molecule has 0 bridgehead atoms. The maximum atomic E-state index is 10.7. The fourth-order valence-corrected chi connectivity index (χ4v) is 3.61. The van der Waals surface area contributed by atoms with Gasteiger partial charge in [-0.15, -0.1) is 0 Å². The highest BCUT2D eigenvalue weighted by atomic mass is 79.9. The van der Waals surface area contributed by atoms with Gasteiger partial charge in [-0.1, -0.05) is 35.0 Å². The molecule has 0 spiro atoms. The lowest BCUT2D eigenvalue weighted by Crippen LogP contribution is -1.98. The van der Waals surface area contributed by atoms with Crippen LogP contribution in [0.5, 0.6) is 5.75 Å². The molecule has 0 N–H and O–H groups in total. The molecule has 7 nitrogen and oxygen atoms in total. The largest absolute Gasteiger partial charge is 0.486 e. The van der Waals surface area contributed by atoms with Crippen molar-refractivity contribution >= 4 is 39.4 Å². The molecule has 31 heavy (non-hydrogen) atoms. The molecule has 3 aromatic carbocycles. The standard InChI is InChI=1S/C22H15BrClN3O4/c23-20-9-16(12-26-31-14-18-4-2-1-3-17(18)11-25)10-21(24)22(20)30-13-15-5-7-19(8-6-15)27(28)29/h1-10,12H,13-14H2/b26-12-. The molecule has 3 rings (SSSR count). The number of benzene rings is 3. The Labute approximate surface area is 191 Å². The van der Waals surface area contributed by atoms with Crippen LogP contribution in [0, 0.1) is 21.4 Å². The molecule has 0 aliphatic rings. The summed E-state index contributed by atoms with van der Waals surface area (Å²) >= 11 is 9.76. The van der Waals surface area contributed by atoms with Gasteiger partial charge in [-0.2, -0.15) is 5.26 Å². The summed E-state index contributed by atoms with van der Waals surface area (Å²) < 4.78 is 6.39. The van der Waals surface area contributed by atoms with Crippen molar-refractivity contribution in [2.24, 2.45) is 5.16 Å². The van der Waals surface area contributed by atoms with Gasteiger partial charge in [0.05, 0.1) is 32.3 Å². The first-order chi connectivity index (χ1) is 15.0. The molecule has 9 heteroatoms. The van der Waals surface area contributed by atoms with Gasteiger partial charge in [-0.25, -0.2) is 0 Å². The third-order valence-corrected chi connectivity index (χ3v) is 5.05. The summed E-state index contributed by atoms with van der Waals surface area (Å²) in [5.41, 5.74) is 2.76. The van der Waals surface area contributed by atoms with Crippen LogP contribution in [0.15, 0.2) is 70.3 Å². The van der Waals surface area contributed by atoms with Gasteiger partial charge in [0.2, 0.25) is 0 Å². The number of nitro groups is 1. The quantitative estimate of drug-likeness (QED) is 0.214. The lowest BCUT2D eigenvalue weighted by atomic mass is 10.1. The Morgan fingerprint density at radius 3 is 2.58 bits per heavy atom. The molecule has 0 aliphatic heterocycles. The van der Waals surface area contributed by atoms with E-state index in [1.807, 2.05) is 6.07 Å². The molecule has 0 saturated carbocycles. The molecule has 0 heterocycles. The first-order valence-corrected chi connectivity index (χ1v) is 10.1. The van der Waals surface area contributed by atoms with E-state index in [9.17, 15) is 10.1 Å². The van der Waals surface area contributed by atoms with Gasteiger partial charge in [-0.3, -0.25) is 10.1 Å². The van der Waals surface area contributed by atoms with Crippen LogP contribution in [0.1, 0.15) is 22.3 Å². The average molecular weight is 501 g/mol. The topological polar surface area (TPSA) is 97.8 Å². The van der Waals surface area contributed by atoms with E-state index >= 15 is 0 Å². The Bertz CT molecular complexity index is 1140. The van der Waals surface area contributed by atoms with Crippen LogP contribution < -0.4 is 4.74 Å². The molecule has 3 aromatic rings. The number of rotatable bonds is 8. The minimum Gasteiger partial charge on any atom is -0.486 e. The van der Waals surface area contributed by atoms with Crippen LogP contribution in [0.25, 0.3) is 0 Å². The van der Waals surface area contributed by atoms with E-state index in [1.54, 1.807) is 42.5 Å². The van der Waals surface area contributed by atoms with Crippen LogP contribution in [0.4, 0.5) is 5.69 Å². The van der Waals surface area contributed by atoms with E-state index in [1.165, 1.54) is 18.3 Å². The number of oxime groups is 1. The lowest BCUT2D eigenvalue weighted by molar-refractivity contribution is -0.384. The van der Waals surface area contributed by atoms with Crippen LogP contribution in [-0.4, -0.2) is 11.1 Å². The normalized spacial score (nSPS) is 10.6. The van der Waals surface area contributed by atoms with E-state index < -0.39 is 4.92 Å². The average Bonchev–Trinajstić information content (AvgIpc) is 2.76. The molecule has 0 aliphatic carbocycles. The maximum absolute atomic E-state index is 10.7.